The first kappa shape index (κ1) is 17.7. The molecule has 1 amide bonds. The molecule has 0 saturated heterocycles. The molecule has 4 rings (SSSR count). The van der Waals surface area contributed by atoms with Crippen LogP contribution in [0, 0.1) is 0 Å². The summed E-state index contributed by atoms with van der Waals surface area (Å²) in [6.45, 7) is 0.345. The summed E-state index contributed by atoms with van der Waals surface area (Å²) in [6.07, 6.45) is 3.36. The quantitative estimate of drug-likeness (QED) is 0.582. The number of carbonyl (C=O) groups excluding carboxylic acids is 1. The molecule has 0 atom stereocenters. The number of hydrogen-bond donors (Lipinski definition) is 1. The number of hydrogen-bond acceptors (Lipinski definition) is 5. The van der Waals surface area contributed by atoms with Crippen molar-refractivity contribution in [3.05, 3.63) is 72.2 Å². The Morgan fingerprint density at radius 3 is 2.86 bits per heavy atom. The van der Waals surface area contributed by atoms with Crippen LogP contribution >= 0.6 is 0 Å². The maximum atomic E-state index is 12.9. The minimum absolute atomic E-state index is 0.199. The number of nitrogens with zero attached hydrogens (tertiary/aromatic N) is 4. The summed E-state index contributed by atoms with van der Waals surface area (Å²) >= 11 is 0. The topological polar surface area (TPSA) is 81.9 Å². The molecule has 0 radical (unpaired) electrons. The Balaban J connectivity index is 1.73. The van der Waals surface area contributed by atoms with Gasteiger partial charge in [-0.15, -0.1) is 0 Å². The van der Waals surface area contributed by atoms with E-state index < -0.39 is 0 Å². The molecule has 3 heterocycles. The van der Waals surface area contributed by atoms with E-state index in [2.05, 4.69) is 15.4 Å². The van der Waals surface area contributed by atoms with Crippen molar-refractivity contribution in [3.8, 4) is 17.0 Å². The van der Waals surface area contributed by atoms with Gasteiger partial charge < -0.3 is 10.1 Å². The lowest BCUT2D eigenvalue weighted by atomic mass is 10.1. The maximum Gasteiger partial charge on any atom is 0.252 e. The third kappa shape index (κ3) is 3.42. The molecule has 28 heavy (non-hydrogen) atoms. The van der Waals surface area contributed by atoms with Crippen molar-refractivity contribution in [1.82, 2.24) is 25.1 Å². The smallest absolute Gasteiger partial charge is 0.252 e. The molecule has 0 bridgehead atoms. The van der Waals surface area contributed by atoms with Crippen molar-refractivity contribution in [3.63, 3.8) is 0 Å². The van der Waals surface area contributed by atoms with E-state index in [4.69, 9.17) is 9.72 Å². The van der Waals surface area contributed by atoms with Gasteiger partial charge in [-0.3, -0.25) is 14.5 Å². The van der Waals surface area contributed by atoms with Gasteiger partial charge in [-0.05, 0) is 30.3 Å². The summed E-state index contributed by atoms with van der Waals surface area (Å²) in [7, 11) is 3.42. The molecule has 0 fully saturated rings. The van der Waals surface area contributed by atoms with Crippen LogP contribution in [0.3, 0.4) is 0 Å². The zero-order chi connectivity index (χ0) is 19.5. The van der Waals surface area contributed by atoms with Crippen molar-refractivity contribution in [2.24, 2.45) is 7.05 Å². The molecule has 0 aliphatic rings. The molecule has 4 aromatic rings. The van der Waals surface area contributed by atoms with Gasteiger partial charge in [0, 0.05) is 18.8 Å². The van der Waals surface area contributed by atoms with Crippen molar-refractivity contribution in [2.45, 2.75) is 6.54 Å². The largest absolute Gasteiger partial charge is 0.497 e. The van der Waals surface area contributed by atoms with Crippen molar-refractivity contribution in [1.29, 1.82) is 0 Å². The van der Waals surface area contributed by atoms with Crippen LogP contribution in [-0.4, -0.2) is 32.8 Å². The van der Waals surface area contributed by atoms with Gasteiger partial charge in [0.25, 0.3) is 5.91 Å². The molecule has 7 nitrogen and oxygen atoms in total. The van der Waals surface area contributed by atoms with E-state index in [9.17, 15) is 4.79 Å². The first-order valence-corrected chi connectivity index (χ1v) is 8.81. The van der Waals surface area contributed by atoms with Crippen molar-refractivity contribution in [2.75, 3.05) is 7.11 Å². The summed E-state index contributed by atoms with van der Waals surface area (Å²) in [6, 6.07) is 15.0. The van der Waals surface area contributed by atoms with Gasteiger partial charge in [0.05, 0.1) is 42.2 Å². The van der Waals surface area contributed by atoms with E-state index in [1.165, 1.54) is 0 Å². The number of aromatic nitrogens is 4. The number of fused-ring (bicyclic) bond motifs is 1. The Morgan fingerprint density at radius 1 is 1.18 bits per heavy atom. The second-order valence-electron chi connectivity index (χ2n) is 6.30. The Labute approximate surface area is 162 Å². The summed E-state index contributed by atoms with van der Waals surface area (Å²) in [5.41, 5.74) is 3.50. The lowest BCUT2D eigenvalue weighted by Gasteiger charge is -2.09. The number of rotatable bonds is 5. The third-order valence-corrected chi connectivity index (χ3v) is 4.47. The van der Waals surface area contributed by atoms with Crippen LogP contribution in [0.2, 0.25) is 0 Å². The number of methoxy groups -OCH3 is 1. The SMILES string of the molecule is COc1cccc(-c2cc(C(=O)NCc3ccccn3)c3cnn(C)c3n2)c1. The van der Waals surface area contributed by atoms with E-state index in [0.717, 1.165) is 17.0 Å². The van der Waals surface area contributed by atoms with Gasteiger partial charge in [-0.2, -0.15) is 5.10 Å². The first-order chi connectivity index (χ1) is 13.7. The second kappa shape index (κ2) is 7.48. The minimum Gasteiger partial charge on any atom is -0.497 e. The van der Waals surface area contributed by atoms with Crippen molar-refractivity contribution < 1.29 is 9.53 Å². The van der Waals surface area contributed by atoms with E-state index in [1.807, 2.05) is 42.5 Å². The van der Waals surface area contributed by atoms with E-state index in [-0.39, 0.29) is 5.91 Å². The summed E-state index contributed by atoms with van der Waals surface area (Å²) < 4.78 is 6.97. The monoisotopic (exact) mass is 373 g/mol. The Morgan fingerprint density at radius 2 is 2.07 bits per heavy atom. The van der Waals surface area contributed by atoms with Crippen LogP contribution < -0.4 is 10.1 Å². The van der Waals surface area contributed by atoms with Crippen LogP contribution in [0.4, 0.5) is 0 Å². The highest BCUT2D eigenvalue weighted by Gasteiger charge is 2.17. The molecule has 140 valence electrons. The molecule has 0 unspecified atom stereocenters. The maximum absolute atomic E-state index is 12.9. The highest BCUT2D eigenvalue weighted by atomic mass is 16.5. The average Bonchev–Trinajstić information content (AvgIpc) is 3.13. The zero-order valence-corrected chi connectivity index (χ0v) is 15.6. The molecule has 1 aromatic carbocycles. The lowest BCUT2D eigenvalue weighted by Crippen LogP contribution is -2.23. The van der Waals surface area contributed by atoms with Gasteiger partial charge in [0.1, 0.15) is 5.75 Å². The van der Waals surface area contributed by atoms with Crippen LogP contribution in [0.15, 0.2) is 60.9 Å². The van der Waals surface area contributed by atoms with Crippen LogP contribution in [0.25, 0.3) is 22.3 Å². The Bertz CT molecular complexity index is 1140. The van der Waals surface area contributed by atoms with Gasteiger partial charge >= 0.3 is 0 Å². The zero-order valence-electron chi connectivity index (χ0n) is 15.6. The fraction of sp³-hybridized carbons (Fsp3) is 0.143. The molecule has 0 aliphatic heterocycles. The van der Waals surface area contributed by atoms with E-state index in [0.29, 0.717) is 28.8 Å². The highest BCUT2D eigenvalue weighted by Crippen LogP contribution is 2.27. The van der Waals surface area contributed by atoms with Gasteiger partial charge in [0.15, 0.2) is 5.65 Å². The molecular weight excluding hydrogens is 354 g/mol. The number of carbonyl (C=O) groups is 1. The van der Waals surface area contributed by atoms with Gasteiger partial charge in [-0.25, -0.2) is 4.98 Å². The van der Waals surface area contributed by atoms with Gasteiger partial charge in [0.2, 0.25) is 0 Å². The molecule has 3 aromatic heterocycles. The highest BCUT2D eigenvalue weighted by molar-refractivity contribution is 6.06. The van der Waals surface area contributed by atoms with E-state index >= 15 is 0 Å². The fourth-order valence-corrected chi connectivity index (χ4v) is 3.00. The molecule has 1 N–H and O–H groups in total. The first-order valence-electron chi connectivity index (χ1n) is 8.81. The van der Waals surface area contributed by atoms with Crippen LogP contribution in [0.1, 0.15) is 16.1 Å². The summed E-state index contributed by atoms with van der Waals surface area (Å²) in [4.78, 5) is 21.9. The summed E-state index contributed by atoms with van der Waals surface area (Å²) in [5, 5.41) is 7.89. The molecule has 0 saturated carbocycles. The molecular formula is C21H19N5O2. The summed E-state index contributed by atoms with van der Waals surface area (Å²) in [5.74, 6) is 0.528. The van der Waals surface area contributed by atoms with Crippen molar-refractivity contribution >= 4 is 16.9 Å². The third-order valence-electron chi connectivity index (χ3n) is 4.47. The normalized spacial score (nSPS) is 10.8. The molecule has 0 aliphatic carbocycles. The predicted molar refractivity (Wildman–Crippen MR) is 106 cm³/mol. The molecule has 0 spiro atoms. The van der Waals surface area contributed by atoms with Crippen LogP contribution in [-0.2, 0) is 13.6 Å². The number of aryl methyl sites for hydroxylation is 1. The fourth-order valence-electron chi connectivity index (χ4n) is 3.00. The van der Waals surface area contributed by atoms with Crippen LogP contribution in [0.5, 0.6) is 5.75 Å². The number of nitrogens with one attached hydrogen (secondary N) is 1. The van der Waals surface area contributed by atoms with E-state index in [1.54, 1.807) is 37.3 Å². The second-order valence-corrected chi connectivity index (χ2v) is 6.30. The molecule has 7 heteroatoms. The number of pyridine rings is 2. The number of ether oxygens (including phenoxy) is 1. The minimum atomic E-state index is -0.199. The van der Waals surface area contributed by atoms with Gasteiger partial charge in [-0.1, -0.05) is 18.2 Å². The standard InChI is InChI=1S/C21H19N5O2/c1-26-20-18(13-24-26)17(21(27)23-12-15-7-3-4-9-22-15)11-19(25-20)14-6-5-8-16(10-14)28-2/h3-11,13H,12H2,1-2H3,(H,23,27). The Hall–Kier alpha value is -3.74. The Kier molecular flexibility index (Phi) is 4.72. The predicted octanol–water partition coefficient (Wildman–Crippen LogP) is 2.97. The number of benzene rings is 1. The lowest BCUT2D eigenvalue weighted by molar-refractivity contribution is 0.0952. The number of amides is 1. The average molecular weight is 373 g/mol.